The van der Waals surface area contributed by atoms with E-state index in [1.165, 1.54) is 0 Å². The highest BCUT2D eigenvalue weighted by Gasteiger charge is 2.15. The maximum atomic E-state index is 12.7. The van der Waals surface area contributed by atoms with Crippen LogP contribution in [0.3, 0.4) is 0 Å². The minimum Gasteiger partial charge on any atom is -0.299 e. The number of tetrazole rings is 1. The van der Waals surface area contributed by atoms with Gasteiger partial charge in [-0.05, 0) is 47.4 Å². The van der Waals surface area contributed by atoms with Crippen molar-refractivity contribution in [2.45, 2.75) is 39.7 Å². The van der Waals surface area contributed by atoms with Crippen LogP contribution in [-0.2, 0) is 20.0 Å². The Kier molecular flexibility index (Phi) is 5.56. The van der Waals surface area contributed by atoms with Gasteiger partial charge in [-0.15, -0.1) is 5.10 Å². The van der Waals surface area contributed by atoms with Gasteiger partial charge in [0.1, 0.15) is 6.33 Å². The fraction of sp³-hybridized carbons (Fsp3) is 0.318. The summed E-state index contributed by atoms with van der Waals surface area (Å²) in [5.41, 5.74) is 6.14. The molecule has 0 bridgehead atoms. The lowest BCUT2D eigenvalue weighted by Gasteiger charge is -2.11. The van der Waals surface area contributed by atoms with E-state index in [0.29, 0.717) is 6.54 Å². The molecule has 0 atom stereocenters. The van der Waals surface area contributed by atoms with Crippen molar-refractivity contribution in [2.24, 2.45) is 7.05 Å². The molecule has 0 unspecified atom stereocenters. The van der Waals surface area contributed by atoms with Crippen LogP contribution in [0.25, 0.3) is 16.8 Å². The second-order valence-corrected chi connectivity index (χ2v) is 7.41. The molecule has 30 heavy (non-hydrogen) atoms. The molecule has 154 valence electrons. The van der Waals surface area contributed by atoms with Crippen molar-refractivity contribution >= 4 is 0 Å². The van der Waals surface area contributed by atoms with Crippen LogP contribution in [0.2, 0.25) is 0 Å². The molecule has 1 aromatic carbocycles. The highest BCUT2D eigenvalue weighted by molar-refractivity contribution is 5.72. The summed E-state index contributed by atoms with van der Waals surface area (Å²) < 4.78 is 5.25. The number of hydrogen-bond donors (Lipinski definition) is 0. The van der Waals surface area contributed by atoms with Gasteiger partial charge in [-0.3, -0.25) is 14.1 Å². The van der Waals surface area contributed by atoms with Crippen LogP contribution in [0.1, 0.15) is 36.7 Å². The van der Waals surface area contributed by atoms with Crippen LogP contribution in [0.15, 0.2) is 53.8 Å². The highest BCUT2D eigenvalue weighted by Crippen LogP contribution is 2.25. The molecule has 0 amide bonds. The second-order valence-electron chi connectivity index (χ2n) is 7.41. The summed E-state index contributed by atoms with van der Waals surface area (Å²) in [5.74, 6) is 0. The zero-order valence-corrected chi connectivity index (χ0v) is 17.5. The van der Waals surface area contributed by atoms with Crippen molar-refractivity contribution in [3.05, 3.63) is 76.5 Å². The van der Waals surface area contributed by atoms with Crippen molar-refractivity contribution in [1.82, 2.24) is 34.3 Å². The predicted octanol–water partition coefficient (Wildman–Crippen LogP) is 2.92. The summed E-state index contributed by atoms with van der Waals surface area (Å²) in [4.78, 5) is 16.9. The molecule has 0 N–H and O–H groups in total. The summed E-state index contributed by atoms with van der Waals surface area (Å²) in [7, 11) is 1.84. The minimum atomic E-state index is 0.0396. The third-order valence-electron chi connectivity index (χ3n) is 5.53. The Morgan fingerprint density at radius 3 is 2.60 bits per heavy atom. The van der Waals surface area contributed by atoms with Crippen LogP contribution in [0.4, 0.5) is 0 Å². The molecule has 0 spiro atoms. The van der Waals surface area contributed by atoms with E-state index in [9.17, 15) is 4.79 Å². The van der Waals surface area contributed by atoms with Crippen LogP contribution >= 0.6 is 0 Å². The molecule has 0 aliphatic heterocycles. The lowest BCUT2D eigenvalue weighted by atomic mass is 10.0. The van der Waals surface area contributed by atoms with Crippen LogP contribution < -0.4 is 5.69 Å². The van der Waals surface area contributed by atoms with Gasteiger partial charge < -0.3 is 0 Å². The van der Waals surface area contributed by atoms with Crippen LogP contribution in [0.5, 0.6) is 0 Å². The third-order valence-corrected chi connectivity index (χ3v) is 5.53. The molecule has 0 aliphatic carbocycles. The van der Waals surface area contributed by atoms with E-state index in [4.69, 9.17) is 0 Å². The van der Waals surface area contributed by atoms with Crippen LogP contribution in [0, 0.1) is 6.92 Å². The quantitative estimate of drug-likeness (QED) is 0.474. The topological polar surface area (TPSA) is 83.4 Å². The van der Waals surface area contributed by atoms with Gasteiger partial charge in [0.05, 0.1) is 18.4 Å². The average Bonchev–Trinajstić information content (AvgIpc) is 3.38. The number of imidazole rings is 1. The minimum absolute atomic E-state index is 0.0396. The summed E-state index contributed by atoms with van der Waals surface area (Å²) in [6, 6.07) is 10.2. The van der Waals surface area contributed by atoms with Gasteiger partial charge in [0, 0.05) is 30.2 Å². The summed E-state index contributed by atoms with van der Waals surface area (Å²) in [6.07, 6.45) is 8.15. The molecular weight excluding hydrogens is 378 g/mol. The first-order chi connectivity index (χ1) is 14.6. The van der Waals surface area contributed by atoms with E-state index >= 15 is 0 Å². The second kappa shape index (κ2) is 8.44. The SMILES string of the molecule is CCCCc1c(C)n(C)c(=O)n1Cc1ccc(-c2ccncc2-n2cnnn2)cc1. The van der Waals surface area contributed by atoms with Crippen molar-refractivity contribution in [1.29, 1.82) is 0 Å². The smallest absolute Gasteiger partial charge is 0.299 e. The largest absolute Gasteiger partial charge is 0.328 e. The van der Waals surface area contributed by atoms with E-state index in [0.717, 1.165) is 53.0 Å². The maximum Gasteiger partial charge on any atom is 0.328 e. The van der Waals surface area contributed by atoms with E-state index < -0.39 is 0 Å². The Bertz CT molecular complexity index is 1190. The van der Waals surface area contributed by atoms with E-state index in [1.54, 1.807) is 28.0 Å². The van der Waals surface area contributed by atoms with Crippen molar-refractivity contribution < 1.29 is 0 Å². The average molecular weight is 403 g/mol. The molecule has 3 aromatic heterocycles. The van der Waals surface area contributed by atoms with Crippen molar-refractivity contribution in [3.8, 4) is 16.8 Å². The van der Waals surface area contributed by atoms with Gasteiger partial charge in [-0.2, -0.15) is 4.68 Å². The molecule has 4 aromatic rings. The number of hydrogen-bond acceptors (Lipinski definition) is 5. The molecule has 0 radical (unpaired) electrons. The van der Waals surface area contributed by atoms with E-state index in [-0.39, 0.29) is 5.69 Å². The standard InChI is InChI=1S/C22H25N7O/c1-4-5-6-20-16(2)27(3)22(30)28(20)14-17-7-9-18(10-8-17)19-11-12-23-13-21(19)29-15-24-25-26-29/h7-13,15H,4-6,14H2,1-3H3. The number of benzene rings is 1. The zero-order chi connectivity index (χ0) is 21.1. The van der Waals surface area contributed by atoms with Crippen molar-refractivity contribution in [2.75, 3.05) is 0 Å². The van der Waals surface area contributed by atoms with Gasteiger partial charge >= 0.3 is 5.69 Å². The Morgan fingerprint density at radius 1 is 1.10 bits per heavy atom. The summed E-state index contributed by atoms with van der Waals surface area (Å²) >= 11 is 0. The Hall–Kier alpha value is -3.55. The first-order valence-corrected chi connectivity index (χ1v) is 10.1. The van der Waals surface area contributed by atoms with Gasteiger partial charge in [0.25, 0.3) is 0 Å². The zero-order valence-electron chi connectivity index (χ0n) is 17.5. The molecule has 0 saturated heterocycles. The number of rotatable bonds is 7. The fourth-order valence-electron chi connectivity index (χ4n) is 3.71. The molecule has 0 saturated carbocycles. The third kappa shape index (κ3) is 3.68. The summed E-state index contributed by atoms with van der Waals surface area (Å²) in [6.45, 7) is 4.76. The highest BCUT2D eigenvalue weighted by atomic mass is 16.1. The Balaban J connectivity index is 1.64. The maximum absolute atomic E-state index is 12.7. The van der Waals surface area contributed by atoms with Gasteiger partial charge in [-0.25, -0.2) is 4.79 Å². The molecule has 4 rings (SSSR count). The predicted molar refractivity (Wildman–Crippen MR) is 115 cm³/mol. The van der Waals surface area contributed by atoms with Crippen molar-refractivity contribution in [3.63, 3.8) is 0 Å². The van der Waals surface area contributed by atoms with Gasteiger partial charge in [-0.1, -0.05) is 37.6 Å². The molecule has 8 heteroatoms. The lowest BCUT2D eigenvalue weighted by Crippen LogP contribution is -2.24. The molecule has 3 heterocycles. The Morgan fingerprint density at radius 2 is 1.90 bits per heavy atom. The first-order valence-electron chi connectivity index (χ1n) is 10.1. The number of pyridine rings is 1. The fourth-order valence-corrected chi connectivity index (χ4v) is 3.71. The number of aromatic nitrogens is 7. The Labute approximate surface area is 174 Å². The summed E-state index contributed by atoms with van der Waals surface area (Å²) in [5, 5.41) is 11.4. The molecule has 0 fully saturated rings. The normalized spacial score (nSPS) is 11.2. The molecular formula is C22H25N7O. The van der Waals surface area contributed by atoms with Gasteiger partial charge in [0.2, 0.25) is 0 Å². The van der Waals surface area contributed by atoms with E-state index in [2.05, 4.69) is 51.7 Å². The van der Waals surface area contributed by atoms with Crippen LogP contribution in [-0.4, -0.2) is 34.3 Å². The molecule has 0 aliphatic rings. The number of unbranched alkanes of at least 4 members (excludes halogenated alkanes) is 1. The lowest BCUT2D eigenvalue weighted by molar-refractivity contribution is 0.667. The van der Waals surface area contributed by atoms with E-state index in [1.807, 2.05) is 24.6 Å². The number of nitrogens with zero attached hydrogens (tertiary/aromatic N) is 7. The van der Waals surface area contributed by atoms with Gasteiger partial charge in [0.15, 0.2) is 0 Å². The monoisotopic (exact) mass is 403 g/mol. The molecule has 8 nitrogen and oxygen atoms in total. The first kappa shape index (κ1) is 19.8.